The van der Waals surface area contributed by atoms with Gasteiger partial charge in [0.15, 0.2) is 12.5 Å². The third-order valence-electron chi connectivity index (χ3n) is 7.63. The van der Waals surface area contributed by atoms with Crippen molar-refractivity contribution in [2.75, 3.05) is 36.4 Å². The Morgan fingerprint density at radius 2 is 1.76 bits per heavy atom. The molecule has 1 atom stereocenters. The number of nitro groups is 1. The van der Waals surface area contributed by atoms with Gasteiger partial charge in [0.2, 0.25) is 0 Å². The molecule has 9 nitrogen and oxygen atoms in total. The molecule has 1 aromatic heterocycles. The Bertz CT molecular complexity index is 1410. The number of hydrogen-bond acceptors (Lipinski definition) is 8. The monoisotopic (exact) mass is 575 g/mol. The van der Waals surface area contributed by atoms with E-state index in [9.17, 15) is 32.5 Å². The number of hydrogen-bond donors (Lipinski definition) is 1. The summed E-state index contributed by atoms with van der Waals surface area (Å²) in [4.78, 5) is 30.6. The molecule has 1 unspecified atom stereocenters. The predicted octanol–water partition coefficient (Wildman–Crippen LogP) is 5.39. The van der Waals surface area contributed by atoms with Crippen molar-refractivity contribution in [1.29, 1.82) is 0 Å². The molecule has 2 aliphatic rings. The van der Waals surface area contributed by atoms with Gasteiger partial charge in [0.25, 0.3) is 5.69 Å². The topological polar surface area (TPSA) is 101 Å². The average Bonchev–Trinajstić information content (AvgIpc) is 2.96. The number of halogens is 4. The van der Waals surface area contributed by atoms with Crippen molar-refractivity contribution in [2.24, 2.45) is 0 Å². The SMILES string of the molecule is O=CC(OC1CCC(Nc2ccc([N+](=O)[O-])c(C(F)(F)F)c2)CC1)N1CCN(c2ccc3cc(F)ccc3n2)CC1. The fourth-order valence-electron chi connectivity index (χ4n) is 5.46. The van der Waals surface area contributed by atoms with Crippen molar-refractivity contribution in [1.82, 2.24) is 9.88 Å². The maximum Gasteiger partial charge on any atom is 0.423 e. The van der Waals surface area contributed by atoms with Crippen LogP contribution in [0.1, 0.15) is 31.2 Å². The number of pyridine rings is 1. The third-order valence-corrected chi connectivity index (χ3v) is 7.63. The molecule has 2 fully saturated rings. The number of nitrogens with one attached hydrogen (secondary N) is 1. The van der Waals surface area contributed by atoms with Crippen LogP contribution in [0.25, 0.3) is 10.9 Å². The lowest BCUT2D eigenvalue weighted by Crippen LogP contribution is -2.53. The number of rotatable bonds is 8. The number of benzene rings is 2. The molecule has 3 aromatic rings. The molecule has 2 heterocycles. The first kappa shape index (κ1) is 28.7. The Labute approximate surface area is 233 Å². The molecule has 1 aliphatic heterocycles. The Hall–Kier alpha value is -3.84. The average molecular weight is 576 g/mol. The lowest BCUT2D eigenvalue weighted by molar-refractivity contribution is -0.388. The summed E-state index contributed by atoms with van der Waals surface area (Å²) in [5.74, 6) is 0.475. The zero-order chi connectivity index (χ0) is 29.1. The van der Waals surface area contributed by atoms with Crippen LogP contribution in [0, 0.1) is 15.9 Å². The van der Waals surface area contributed by atoms with Gasteiger partial charge in [-0.15, -0.1) is 0 Å². The summed E-state index contributed by atoms with van der Waals surface area (Å²) in [6, 6.07) is 11.0. The van der Waals surface area contributed by atoms with Gasteiger partial charge < -0.3 is 15.0 Å². The third kappa shape index (κ3) is 6.73. The van der Waals surface area contributed by atoms with Gasteiger partial charge in [-0.2, -0.15) is 13.2 Å². The minimum absolute atomic E-state index is 0.124. The van der Waals surface area contributed by atoms with Gasteiger partial charge in [0.1, 0.15) is 17.2 Å². The van der Waals surface area contributed by atoms with Crippen LogP contribution < -0.4 is 10.2 Å². The summed E-state index contributed by atoms with van der Waals surface area (Å²) in [6.07, 6.45) is -2.48. The molecule has 1 N–H and O–H groups in total. The first-order valence-corrected chi connectivity index (χ1v) is 13.4. The number of nitrogens with zero attached hydrogens (tertiary/aromatic N) is 4. The van der Waals surface area contributed by atoms with Crippen LogP contribution in [0.5, 0.6) is 0 Å². The first-order chi connectivity index (χ1) is 19.6. The molecule has 0 bridgehead atoms. The van der Waals surface area contributed by atoms with Gasteiger partial charge in [-0.1, -0.05) is 0 Å². The Morgan fingerprint density at radius 3 is 2.41 bits per heavy atom. The van der Waals surface area contributed by atoms with Crippen LogP contribution in [0.4, 0.5) is 34.8 Å². The highest BCUT2D eigenvalue weighted by Gasteiger charge is 2.38. The number of aldehydes is 1. The second kappa shape index (κ2) is 12.0. The lowest BCUT2D eigenvalue weighted by Gasteiger charge is -2.39. The highest BCUT2D eigenvalue weighted by Crippen LogP contribution is 2.38. The Balaban J connectivity index is 1.11. The van der Waals surface area contributed by atoms with Crippen molar-refractivity contribution in [3.8, 4) is 0 Å². The van der Waals surface area contributed by atoms with Gasteiger partial charge in [-0.3, -0.25) is 19.8 Å². The van der Waals surface area contributed by atoms with Crippen molar-refractivity contribution < 1.29 is 32.0 Å². The molecule has 218 valence electrons. The zero-order valence-electron chi connectivity index (χ0n) is 22.0. The van der Waals surface area contributed by atoms with Crippen LogP contribution in [-0.4, -0.2) is 65.6 Å². The van der Waals surface area contributed by atoms with Crippen molar-refractivity contribution in [3.63, 3.8) is 0 Å². The van der Waals surface area contributed by atoms with E-state index in [1.807, 2.05) is 17.0 Å². The standard InChI is InChI=1S/C28H29F4N5O4/c29-19-2-8-24-18(15-19)1-10-26(34-24)35-11-13-36(14-12-35)27(17-38)41-22-6-3-20(4-7-22)33-21-5-9-25(37(39)40)23(16-21)28(30,31)32/h1-2,5,8-10,15-17,20,22,27,33H,3-4,6-7,11-14H2. The van der Waals surface area contributed by atoms with Crippen molar-refractivity contribution in [2.45, 2.75) is 50.2 Å². The first-order valence-electron chi connectivity index (χ1n) is 13.4. The smallest absolute Gasteiger partial charge is 0.382 e. The van der Waals surface area contributed by atoms with Gasteiger partial charge in [-0.25, -0.2) is 9.37 Å². The minimum Gasteiger partial charge on any atom is -0.382 e. The summed E-state index contributed by atoms with van der Waals surface area (Å²) in [6.45, 7) is 2.45. The van der Waals surface area contributed by atoms with E-state index in [4.69, 9.17) is 4.74 Å². The summed E-state index contributed by atoms with van der Waals surface area (Å²) in [5, 5.41) is 14.8. The van der Waals surface area contributed by atoms with E-state index in [1.165, 1.54) is 18.2 Å². The molecular weight excluding hydrogens is 546 g/mol. The minimum atomic E-state index is -4.84. The number of anilines is 2. The second-order valence-electron chi connectivity index (χ2n) is 10.3. The van der Waals surface area contributed by atoms with E-state index in [0.717, 1.165) is 29.6 Å². The van der Waals surface area contributed by atoms with E-state index in [2.05, 4.69) is 15.2 Å². The van der Waals surface area contributed by atoms with E-state index in [-0.39, 0.29) is 23.7 Å². The lowest BCUT2D eigenvalue weighted by atomic mass is 9.92. The summed E-state index contributed by atoms with van der Waals surface area (Å²) < 4.78 is 59.5. The van der Waals surface area contributed by atoms with Crippen LogP contribution in [-0.2, 0) is 15.7 Å². The Kier molecular flexibility index (Phi) is 8.36. The number of fused-ring (bicyclic) bond motifs is 1. The highest BCUT2D eigenvalue weighted by molar-refractivity contribution is 5.80. The fourth-order valence-corrected chi connectivity index (χ4v) is 5.46. The van der Waals surface area contributed by atoms with Gasteiger partial charge in [-0.05, 0) is 68.1 Å². The Morgan fingerprint density at radius 1 is 1.02 bits per heavy atom. The molecule has 0 spiro atoms. The van der Waals surface area contributed by atoms with Crippen LogP contribution in [0.3, 0.4) is 0 Å². The number of alkyl halides is 3. The summed E-state index contributed by atoms with van der Waals surface area (Å²) in [7, 11) is 0. The molecule has 0 radical (unpaired) electrons. The molecule has 2 aromatic carbocycles. The van der Waals surface area contributed by atoms with Gasteiger partial charge in [0.05, 0.1) is 16.5 Å². The number of nitro benzene ring substituents is 1. The van der Waals surface area contributed by atoms with Crippen LogP contribution in [0.2, 0.25) is 0 Å². The molecule has 1 aliphatic carbocycles. The summed E-state index contributed by atoms with van der Waals surface area (Å²) in [5.41, 5.74) is -1.39. The number of piperazine rings is 1. The molecule has 1 saturated heterocycles. The normalized spacial score (nSPS) is 21.0. The molecular formula is C28H29F4N5O4. The molecule has 1 saturated carbocycles. The van der Waals surface area contributed by atoms with E-state index >= 15 is 0 Å². The number of carbonyl (C=O) groups excluding carboxylic acids is 1. The number of carbonyl (C=O) groups is 1. The van der Waals surface area contributed by atoms with E-state index in [1.54, 1.807) is 6.07 Å². The largest absolute Gasteiger partial charge is 0.423 e. The quantitative estimate of drug-likeness (QED) is 0.165. The van der Waals surface area contributed by atoms with Crippen LogP contribution >= 0.6 is 0 Å². The summed E-state index contributed by atoms with van der Waals surface area (Å²) >= 11 is 0. The van der Waals surface area contributed by atoms with Crippen molar-refractivity contribution >= 4 is 34.4 Å². The van der Waals surface area contributed by atoms with Crippen molar-refractivity contribution in [3.05, 3.63) is 70.0 Å². The van der Waals surface area contributed by atoms with Gasteiger partial charge >= 0.3 is 6.18 Å². The van der Waals surface area contributed by atoms with E-state index < -0.39 is 28.6 Å². The fraction of sp³-hybridized carbons (Fsp3) is 0.429. The number of aromatic nitrogens is 1. The number of ether oxygens (including phenoxy) is 1. The van der Waals surface area contributed by atoms with Crippen LogP contribution in [0.15, 0.2) is 48.5 Å². The molecule has 0 amide bonds. The van der Waals surface area contributed by atoms with Gasteiger partial charge in [0, 0.05) is 49.4 Å². The molecule has 41 heavy (non-hydrogen) atoms. The second-order valence-corrected chi connectivity index (χ2v) is 10.3. The maximum atomic E-state index is 13.5. The maximum absolute atomic E-state index is 13.5. The molecule has 13 heteroatoms. The van der Waals surface area contributed by atoms with E-state index in [0.29, 0.717) is 57.4 Å². The zero-order valence-corrected chi connectivity index (χ0v) is 22.0. The molecule has 5 rings (SSSR count). The highest BCUT2D eigenvalue weighted by atomic mass is 19.4. The predicted molar refractivity (Wildman–Crippen MR) is 144 cm³/mol.